The summed E-state index contributed by atoms with van der Waals surface area (Å²) in [7, 11) is 1.36. The van der Waals surface area contributed by atoms with Crippen LogP contribution in [0.3, 0.4) is 0 Å². The number of methoxy groups -OCH3 is 1. The number of pyridine rings is 1. The van der Waals surface area contributed by atoms with Gasteiger partial charge in [0, 0.05) is 17.8 Å². The molecule has 0 saturated carbocycles. The molecule has 0 aliphatic heterocycles. The summed E-state index contributed by atoms with van der Waals surface area (Å²) in [6.45, 7) is 0. The van der Waals surface area contributed by atoms with E-state index in [0.717, 1.165) is 10.9 Å². The fourth-order valence-corrected chi connectivity index (χ4v) is 1.25. The van der Waals surface area contributed by atoms with E-state index in [1.807, 2.05) is 0 Å². The predicted octanol–water partition coefficient (Wildman–Crippen LogP) is 1.35. The van der Waals surface area contributed by atoms with Crippen molar-refractivity contribution < 1.29 is 9.53 Å². The highest BCUT2D eigenvalue weighted by atomic mass is 16.5. The zero-order chi connectivity index (χ0) is 9.26. The van der Waals surface area contributed by atoms with Crippen molar-refractivity contribution in [3.05, 3.63) is 30.2 Å². The number of rotatable bonds is 1. The second-order valence-corrected chi connectivity index (χ2v) is 2.62. The summed E-state index contributed by atoms with van der Waals surface area (Å²) >= 11 is 0. The van der Waals surface area contributed by atoms with Crippen LogP contribution in [0, 0.1) is 0 Å². The zero-order valence-corrected chi connectivity index (χ0v) is 7.07. The Balaban J connectivity index is 2.64. The summed E-state index contributed by atoms with van der Waals surface area (Å²) < 4.78 is 4.62. The van der Waals surface area contributed by atoms with Gasteiger partial charge in [-0.1, -0.05) is 0 Å². The minimum Gasteiger partial charge on any atom is -0.465 e. The molecular weight excluding hydrogens is 168 g/mol. The summed E-state index contributed by atoms with van der Waals surface area (Å²) in [5.74, 6) is -0.336. The molecule has 0 radical (unpaired) electrons. The Labute approximate surface area is 74.5 Å². The molecular formula is C9H8N2O2. The first-order valence-corrected chi connectivity index (χ1v) is 3.82. The van der Waals surface area contributed by atoms with E-state index < -0.39 is 0 Å². The van der Waals surface area contributed by atoms with Gasteiger partial charge in [0.15, 0.2) is 0 Å². The number of hydrogen-bond donors (Lipinski definition) is 1. The van der Waals surface area contributed by atoms with Crippen LogP contribution in [0.1, 0.15) is 10.4 Å². The Morgan fingerprint density at radius 1 is 1.62 bits per heavy atom. The number of aromatic nitrogens is 2. The quantitative estimate of drug-likeness (QED) is 0.667. The first-order valence-electron chi connectivity index (χ1n) is 3.82. The lowest BCUT2D eigenvalue weighted by molar-refractivity contribution is 0.0603. The largest absolute Gasteiger partial charge is 0.465 e. The number of fused-ring (bicyclic) bond motifs is 1. The van der Waals surface area contributed by atoms with E-state index in [9.17, 15) is 4.79 Å². The molecule has 66 valence electrons. The number of carbonyl (C=O) groups is 1. The van der Waals surface area contributed by atoms with Crippen LogP contribution in [-0.4, -0.2) is 23.0 Å². The molecule has 4 nitrogen and oxygen atoms in total. The molecule has 2 aromatic heterocycles. The van der Waals surface area contributed by atoms with Crippen molar-refractivity contribution in [1.82, 2.24) is 9.97 Å². The lowest BCUT2D eigenvalue weighted by Crippen LogP contribution is -1.99. The van der Waals surface area contributed by atoms with Gasteiger partial charge in [-0.25, -0.2) is 4.79 Å². The van der Waals surface area contributed by atoms with E-state index in [-0.39, 0.29) is 5.97 Å². The van der Waals surface area contributed by atoms with Crippen LogP contribution < -0.4 is 0 Å². The first kappa shape index (κ1) is 7.79. The third-order valence-electron chi connectivity index (χ3n) is 1.89. The summed E-state index contributed by atoms with van der Waals surface area (Å²) in [4.78, 5) is 18.1. The highest BCUT2D eigenvalue weighted by Gasteiger charge is 2.10. The molecule has 0 aliphatic carbocycles. The monoisotopic (exact) mass is 176 g/mol. The van der Waals surface area contributed by atoms with Crippen LogP contribution in [0.25, 0.3) is 10.9 Å². The van der Waals surface area contributed by atoms with Gasteiger partial charge < -0.3 is 9.72 Å². The molecule has 0 fully saturated rings. The SMILES string of the molecule is COC(=O)c1c[nH]c2cnccc12. The van der Waals surface area contributed by atoms with E-state index in [1.165, 1.54) is 7.11 Å². The molecule has 2 heterocycles. The fraction of sp³-hybridized carbons (Fsp3) is 0.111. The molecule has 2 rings (SSSR count). The van der Waals surface area contributed by atoms with Crippen molar-refractivity contribution in [2.45, 2.75) is 0 Å². The summed E-state index contributed by atoms with van der Waals surface area (Å²) in [5, 5.41) is 0.835. The van der Waals surface area contributed by atoms with E-state index >= 15 is 0 Å². The normalized spacial score (nSPS) is 10.2. The van der Waals surface area contributed by atoms with Crippen molar-refractivity contribution in [3.8, 4) is 0 Å². The van der Waals surface area contributed by atoms with E-state index in [1.54, 1.807) is 24.7 Å². The lowest BCUT2D eigenvalue weighted by Gasteiger charge is -1.94. The third-order valence-corrected chi connectivity index (χ3v) is 1.89. The minimum atomic E-state index is -0.336. The van der Waals surface area contributed by atoms with Gasteiger partial charge in [-0.3, -0.25) is 4.98 Å². The zero-order valence-electron chi connectivity index (χ0n) is 7.07. The predicted molar refractivity (Wildman–Crippen MR) is 47.4 cm³/mol. The number of nitrogens with zero attached hydrogens (tertiary/aromatic N) is 1. The highest BCUT2D eigenvalue weighted by Crippen LogP contribution is 2.16. The number of nitrogens with one attached hydrogen (secondary N) is 1. The number of H-pyrrole nitrogens is 1. The highest BCUT2D eigenvalue weighted by molar-refractivity contribution is 6.03. The lowest BCUT2D eigenvalue weighted by atomic mass is 10.2. The van der Waals surface area contributed by atoms with Gasteiger partial charge in [0.25, 0.3) is 0 Å². The van der Waals surface area contributed by atoms with E-state index in [4.69, 9.17) is 0 Å². The Morgan fingerprint density at radius 3 is 3.23 bits per heavy atom. The second kappa shape index (κ2) is 2.90. The van der Waals surface area contributed by atoms with E-state index in [2.05, 4.69) is 14.7 Å². The summed E-state index contributed by atoms with van der Waals surface area (Å²) in [6, 6.07) is 1.78. The molecule has 0 bridgehead atoms. The molecule has 0 saturated heterocycles. The van der Waals surface area contributed by atoms with Gasteiger partial charge in [-0.05, 0) is 6.07 Å². The maximum absolute atomic E-state index is 11.2. The van der Waals surface area contributed by atoms with Gasteiger partial charge >= 0.3 is 5.97 Å². The second-order valence-electron chi connectivity index (χ2n) is 2.62. The van der Waals surface area contributed by atoms with Crippen LogP contribution in [-0.2, 0) is 4.74 Å². The van der Waals surface area contributed by atoms with Crippen LogP contribution in [0.5, 0.6) is 0 Å². The van der Waals surface area contributed by atoms with Crippen molar-refractivity contribution in [1.29, 1.82) is 0 Å². The molecule has 13 heavy (non-hydrogen) atoms. The number of aromatic amines is 1. The molecule has 0 aromatic carbocycles. The maximum Gasteiger partial charge on any atom is 0.340 e. The van der Waals surface area contributed by atoms with Crippen molar-refractivity contribution in [2.24, 2.45) is 0 Å². The van der Waals surface area contributed by atoms with Crippen LogP contribution in [0.4, 0.5) is 0 Å². The van der Waals surface area contributed by atoms with Gasteiger partial charge in [-0.15, -0.1) is 0 Å². The standard InChI is InChI=1S/C9H8N2O2/c1-13-9(12)7-4-11-8-5-10-3-2-6(7)8/h2-5,11H,1H3. The maximum atomic E-state index is 11.2. The summed E-state index contributed by atoms with van der Waals surface area (Å²) in [5.41, 5.74) is 1.38. The topological polar surface area (TPSA) is 55.0 Å². The third kappa shape index (κ3) is 1.16. The molecule has 1 N–H and O–H groups in total. The number of ether oxygens (including phenoxy) is 1. The minimum absolute atomic E-state index is 0.336. The van der Waals surface area contributed by atoms with Crippen LogP contribution in [0.15, 0.2) is 24.7 Å². The molecule has 0 unspecified atom stereocenters. The van der Waals surface area contributed by atoms with E-state index in [0.29, 0.717) is 5.56 Å². The molecule has 0 spiro atoms. The summed E-state index contributed by atoms with van der Waals surface area (Å²) in [6.07, 6.45) is 4.93. The molecule has 2 aromatic rings. The Kier molecular flexibility index (Phi) is 1.73. The number of carbonyl (C=O) groups excluding carboxylic acids is 1. The van der Waals surface area contributed by atoms with Gasteiger partial charge in [-0.2, -0.15) is 0 Å². The van der Waals surface area contributed by atoms with Gasteiger partial charge in [0.05, 0.1) is 24.4 Å². The van der Waals surface area contributed by atoms with Gasteiger partial charge in [0.2, 0.25) is 0 Å². The Morgan fingerprint density at radius 2 is 2.46 bits per heavy atom. The molecule has 4 heteroatoms. The van der Waals surface area contributed by atoms with Crippen molar-refractivity contribution >= 4 is 16.9 Å². The van der Waals surface area contributed by atoms with Crippen molar-refractivity contribution in [2.75, 3.05) is 7.11 Å². The smallest absolute Gasteiger partial charge is 0.340 e. The number of hydrogen-bond acceptors (Lipinski definition) is 3. The molecule has 0 aliphatic rings. The number of esters is 1. The van der Waals surface area contributed by atoms with Gasteiger partial charge in [0.1, 0.15) is 0 Å². The Hall–Kier alpha value is -1.84. The first-order chi connectivity index (χ1) is 6.33. The average molecular weight is 176 g/mol. The fourth-order valence-electron chi connectivity index (χ4n) is 1.25. The van der Waals surface area contributed by atoms with Crippen LogP contribution in [0.2, 0.25) is 0 Å². The molecule has 0 atom stereocenters. The molecule has 0 amide bonds. The van der Waals surface area contributed by atoms with Crippen LogP contribution >= 0.6 is 0 Å². The Bertz CT molecular complexity index is 448. The van der Waals surface area contributed by atoms with Crippen molar-refractivity contribution in [3.63, 3.8) is 0 Å². The average Bonchev–Trinajstić information content (AvgIpc) is 2.60.